The molecule has 0 bridgehead atoms. The van der Waals surface area contributed by atoms with Gasteiger partial charge in [-0.15, -0.1) is 0 Å². The topological polar surface area (TPSA) is 102 Å². The zero-order valence-electron chi connectivity index (χ0n) is 4.38. The van der Waals surface area contributed by atoms with E-state index in [0.29, 0.717) is 0 Å². The summed E-state index contributed by atoms with van der Waals surface area (Å²) in [5, 5.41) is 27.0. The van der Waals surface area contributed by atoms with Crippen LogP contribution in [0.5, 0.6) is 0 Å². The standard InChI is InChI=1S/C2H4N2O2.CH2O2/c5-3-1-2-4-6;2-1-3/h1-2,5-6H;1H,(H,2,3)/b3-1+,4-2+;. The van der Waals surface area contributed by atoms with Gasteiger partial charge in [-0.05, 0) is 0 Å². The van der Waals surface area contributed by atoms with Crippen LogP contribution in [0.3, 0.4) is 0 Å². The molecular formula is C3H6N2O4. The molecule has 0 aromatic heterocycles. The van der Waals surface area contributed by atoms with Crippen molar-refractivity contribution >= 4 is 18.9 Å². The van der Waals surface area contributed by atoms with Crippen LogP contribution >= 0.6 is 0 Å². The maximum absolute atomic E-state index is 8.36. The highest BCUT2D eigenvalue weighted by molar-refractivity contribution is 6.15. The second-order valence-electron chi connectivity index (χ2n) is 0.634. The van der Waals surface area contributed by atoms with Crippen molar-refractivity contribution in [2.75, 3.05) is 0 Å². The lowest BCUT2D eigenvalue weighted by Gasteiger charge is -1.62. The van der Waals surface area contributed by atoms with Crippen LogP contribution in [0.2, 0.25) is 0 Å². The van der Waals surface area contributed by atoms with Crippen LogP contribution in [0.15, 0.2) is 10.3 Å². The Morgan fingerprint density at radius 3 is 1.44 bits per heavy atom. The minimum atomic E-state index is -0.250. The molecule has 3 N–H and O–H groups in total. The van der Waals surface area contributed by atoms with E-state index >= 15 is 0 Å². The Kier molecular flexibility index (Phi) is 18.6. The number of nitrogens with zero attached hydrogens (tertiary/aromatic N) is 2. The fourth-order valence-electron chi connectivity index (χ4n) is 0.0596. The van der Waals surface area contributed by atoms with E-state index in [1.165, 1.54) is 0 Å². The number of carbonyl (C=O) groups is 1. The zero-order chi connectivity index (χ0) is 7.54. The highest BCUT2D eigenvalue weighted by Crippen LogP contribution is 1.45. The van der Waals surface area contributed by atoms with E-state index in [2.05, 4.69) is 10.3 Å². The van der Waals surface area contributed by atoms with Gasteiger partial charge in [-0.25, -0.2) is 0 Å². The third-order valence-corrected chi connectivity index (χ3v) is 0.200. The Morgan fingerprint density at radius 1 is 1.11 bits per heavy atom. The molecule has 0 aromatic rings. The Morgan fingerprint density at radius 2 is 1.33 bits per heavy atom. The van der Waals surface area contributed by atoms with Gasteiger partial charge in [0, 0.05) is 0 Å². The molecule has 0 aliphatic rings. The molecule has 9 heavy (non-hydrogen) atoms. The van der Waals surface area contributed by atoms with Gasteiger partial charge in [0.15, 0.2) is 0 Å². The van der Waals surface area contributed by atoms with Crippen LogP contribution in [0.1, 0.15) is 0 Å². The molecule has 0 atom stereocenters. The van der Waals surface area contributed by atoms with E-state index in [1.54, 1.807) is 0 Å². The van der Waals surface area contributed by atoms with Crippen molar-refractivity contribution < 1.29 is 20.3 Å². The van der Waals surface area contributed by atoms with E-state index < -0.39 is 0 Å². The summed E-state index contributed by atoms with van der Waals surface area (Å²) >= 11 is 0. The Labute approximate surface area is 50.7 Å². The third kappa shape index (κ3) is 62.7. The molecule has 0 aromatic carbocycles. The molecule has 0 amide bonds. The number of hydrogen-bond acceptors (Lipinski definition) is 5. The molecule has 6 heteroatoms. The summed E-state index contributed by atoms with van der Waals surface area (Å²) in [5.41, 5.74) is 0. The SMILES string of the molecule is O/N=C/C=N/O.O=CO. The normalized spacial score (nSPS) is 8.89. The van der Waals surface area contributed by atoms with Crippen LogP contribution in [0.25, 0.3) is 0 Å². The van der Waals surface area contributed by atoms with Crippen molar-refractivity contribution in [3.63, 3.8) is 0 Å². The van der Waals surface area contributed by atoms with Crippen LogP contribution in [0.4, 0.5) is 0 Å². The molecule has 6 nitrogen and oxygen atoms in total. The summed E-state index contributed by atoms with van der Waals surface area (Å²) in [6.45, 7) is -0.250. The number of hydrogen-bond donors (Lipinski definition) is 3. The van der Waals surface area contributed by atoms with Gasteiger partial charge in [-0.2, -0.15) is 0 Å². The molecule has 0 fully saturated rings. The lowest BCUT2D eigenvalue weighted by Crippen LogP contribution is -1.70. The monoisotopic (exact) mass is 134 g/mol. The average Bonchev–Trinajstić information content (AvgIpc) is 1.86. The fraction of sp³-hybridized carbons (Fsp3) is 0. The summed E-state index contributed by atoms with van der Waals surface area (Å²) in [7, 11) is 0. The summed E-state index contributed by atoms with van der Waals surface area (Å²) in [4.78, 5) is 8.36. The second-order valence-corrected chi connectivity index (χ2v) is 0.634. The van der Waals surface area contributed by atoms with Crippen molar-refractivity contribution in [3.05, 3.63) is 0 Å². The van der Waals surface area contributed by atoms with E-state index in [1.807, 2.05) is 0 Å². The molecule has 0 saturated carbocycles. The number of carboxylic acid groups (broad SMARTS) is 1. The van der Waals surface area contributed by atoms with Crippen molar-refractivity contribution in [1.29, 1.82) is 0 Å². The first-order valence-electron chi connectivity index (χ1n) is 1.74. The molecule has 0 saturated heterocycles. The van der Waals surface area contributed by atoms with Gasteiger partial charge in [0.2, 0.25) is 0 Å². The fourth-order valence-corrected chi connectivity index (χ4v) is 0.0596. The lowest BCUT2D eigenvalue weighted by atomic mass is 10.8. The van der Waals surface area contributed by atoms with Gasteiger partial charge >= 0.3 is 0 Å². The highest BCUT2D eigenvalue weighted by atomic mass is 16.4. The Bertz CT molecular complexity index is 90.0. The van der Waals surface area contributed by atoms with Crippen molar-refractivity contribution in [2.45, 2.75) is 0 Å². The van der Waals surface area contributed by atoms with E-state index in [-0.39, 0.29) is 6.47 Å². The largest absolute Gasteiger partial charge is 0.483 e. The second kappa shape index (κ2) is 16.1. The molecule has 0 rings (SSSR count). The summed E-state index contributed by atoms with van der Waals surface area (Å²) in [6.07, 6.45) is 1.89. The molecule has 0 spiro atoms. The van der Waals surface area contributed by atoms with Crippen molar-refractivity contribution in [3.8, 4) is 0 Å². The predicted octanol–water partition coefficient (Wildman–Crippen LogP) is -0.393. The average molecular weight is 134 g/mol. The lowest BCUT2D eigenvalue weighted by molar-refractivity contribution is -0.122. The highest BCUT2D eigenvalue weighted by Gasteiger charge is 1.54. The van der Waals surface area contributed by atoms with Crippen LogP contribution in [-0.4, -0.2) is 34.4 Å². The molecule has 0 radical (unpaired) electrons. The maximum atomic E-state index is 8.36. The third-order valence-electron chi connectivity index (χ3n) is 0.200. The molecule has 0 aliphatic heterocycles. The zero-order valence-corrected chi connectivity index (χ0v) is 4.38. The summed E-state index contributed by atoms with van der Waals surface area (Å²) < 4.78 is 0. The molecule has 0 aliphatic carbocycles. The van der Waals surface area contributed by atoms with Crippen LogP contribution < -0.4 is 0 Å². The van der Waals surface area contributed by atoms with Gasteiger partial charge in [0.1, 0.15) is 0 Å². The first-order chi connectivity index (χ1) is 4.33. The minimum Gasteiger partial charge on any atom is -0.483 e. The van der Waals surface area contributed by atoms with Gasteiger partial charge in [0.05, 0.1) is 12.4 Å². The van der Waals surface area contributed by atoms with E-state index in [9.17, 15) is 0 Å². The van der Waals surface area contributed by atoms with Crippen LogP contribution in [-0.2, 0) is 4.79 Å². The van der Waals surface area contributed by atoms with Crippen molar-refractivity contribution in [1.82, 2.24) is 0 Å². The maximum Gasteiger partial charge on any atom is 0.290 e. The predicted molar refractivity (Wildman–Crippen MR) is 29.2 cm³/mol. The van der Waals surface area contributed by atoms with Crippen LogP contribution in [0, 0.1) is 0 Å². The van der Waals surface area contributed by atoms with E-state index in [0.717, 1.165) is 12.4 Å². The van der Waals surface area contributed by atoms with Crippen molar-refractivity contribution in [2.24, 2.45) is 10.3 Å². The van der Waals surface area contributed by atoms with E-state index in [4.69, 9.17) is 20.3 Å². The molecular weight excluding hydrogens is 128 g/mol. The first-order valence-corrected chi connectivity index (χ1v) is 1.74. The van der Waals surface area contributed by atoms with Gasteiger partial charge < -0.3 is 15.5 Å². The number of rotatable bonds is 1. The Balaban J connectivity index is 0. The molecule has 52 valence electrons. The quantitative estimate of drug-likeness (QED) is 0.196. The Hall–Kier alpha value is -1.59. The summed E-state index contributed by atoms with van der Waals surface area (Å²) in [6, 6.07) is 0. The summed E-state index contributed by atoms with van der Waals surface area (Å²) in [5.74, 6) is 0. The number of oxime groups is 2. The van der Waals surface area contributed by atoms with Gasteiger partial charge in [-0.1, -0.05) is 10.3 Å². The minimum absolute atomic E-state index is 0.250. The first kappa shape index (κ1) is 10.4. The molecule has 0 heterocycles. The molecule has 0 unspecified atom stereocenters. The van der Waals surface area contributed by atoms with Gasteiger partial charge in [0.25, 0.3) is 6.47 Å². The van der Waals surface area contributed by atoms with Gasteiger partial charge in [-0.3, -0.25) is 4.79 Å². The smallest absolute Gasteiger partial charge is 0.290 e.